The molecule has 0 atom stereocenters. The Morgan fingerprint density at radius 3 is 1.76 bits per heavy atom. The lowest BCUT2D eigenvalue weighted by Gasteiger charge is -2.16. The largest absolute Gasteiger partial charge is 0.310 e. The molecule has 0 aliphatic heterocycles. The zero-order valence-electron chi connectivity index (χ0n) is 26.7. The van der Waals surface area contributed by atoms with Crippen LogP contribution in [0.1, 0.15) is 11.1 Å². The van der Waals surface area contributed by atoms with E-state index in [1.807, 2.05) is 66.7 Å². The van der Waals surface area contributed by atoms with Gasteiger partial charge in [-0.3, -0.25) is 0 Å². The molecule has 0 saturated carbocycles. The first-order valence-electron chi connectivity index (χ1n) is 16.2. The van der Waals surface area contributed by atoms with Crippen LogP contribution in [-0.4, -0.2) is 9.13 Å². The van der Waals surface area contributed by atoms with Crippen LogP contribution < -0.4 is 0 Å². The van der Waals surface area contributed by atoms with E-state index in [2.05, 4.69) is 111 Å². The van der Waals surface area contributed by atoms with Crippen molar-refractivity contribution < 1.29 is 0 Å². The van der Waals surface area contributed by atoms with Gasteiger partial charge in [0, 0.05) is 38.5 Å². The zero-order chi connectivity index (χ0) is 33.8. The second kappa shape index (κ2) is 11.4. The molecular weight excluding hydrogens is 611 g/mol. The summed E-state index contributed by atoms with van der Waals surface area (Å²) in [6, 6.07) is 55.6. The van der Waals surface area contributed by atoms with Crippen molar-refractivity contribution in [2.75, 3.05) is 0 Å². The molecule has 0 saturated heterocycles. The Hall–Kier alpha value is -7.39. The van der Waals surface area contributed by atoms with E-state index in [-0.39, 0.29) is 0 Å². The van der Waals surface area contributed by atoms with Gasteiger partial charge in [-0.2, -0.15) is 10.5 Å². The molecule has 0 bridgehead atoms. The highest BCUT2D eigenvalue weighted by Gasteiger charge is 2.18. The Bertz CT molecular complexity index is 2920. The molecule has 9 aromatic rings. The molecule has 5 heteroatoms. The van der Waals surface area contributed by atoms with E-state index in [0.717, 1.165) is 77.2 Å². The molecule has 2 heterocycles. The van der Waals surface area contributed by atoms with Gasteiger partial charge >= 0.3 is 0 Å². The minimum Gasteiger partial charge on any atom is -0.310 e. The molecule has 0 amide bonds. The number of rotatable bonds is 4. The first kappa shape index (κ1) is 28.8. The maximum Gasteiger partial charge on any atom is 0.189 e. The summed E-state index contributed by atoms with van der Waals surface area (Å²) in [4.78, 5) is 3.79. The lowest BCUT2D eigenvalue weighted by Crippen LogP contribution is -1.98. The summed E-state index contributed by atoms with van der Waals surface area (Å²) in [6.45, 7) is 7.83. The van der Waals surface area contributed by atoms with Crippen LogP contribution in [0.5, 0.6) is 0 Å². The monoisotopic (exact) mass is 635 g/mol. The summed E-state index contributed by atoms with van der Waals surface area (Å²) < 4.78 is 4.43. The second-order valence-electron chi connectivity index (χ2n) is 12.3. The van der Waals surface area contributed by atoms with Crippen molar-refractivity contribution >= 4 is 49.3 Å². The summed E-state index contributed by atoms with van der Waals surface area (Å²) in [7, 11) is 0. The van der Waals surface area contributed by atoms with Crippen LogP contribution in [0.25, 0.3) is 82.1 Å². The third-order valence-corrected chi connectivity index (χ3v) is 9.55. The molecule has 50 heavy (non-hydrogen) atoms. The van der Waals surface area contributed by atoms with Gasteiger partial charge in [0.2, 0.25) is 0 Å². The molecule has 7 aromatic carbocycles. The smallest absolute Gasteiger partial charge is 0.189 e. The topological polar surface area (TPSA) is 61.8 Å². The third-order valence-electron chi connectivity index (χ3n) is 9.55. The minimum atomic E-state index is 0.551. The first-order chi connectivity index (χ1) is 24.6. The third kappa shape index (κ3) is 4.45. The number of hydrogen-bond acceptors (Lipinski definition) is 2. The van der Waals surface area contributed by atoms with Crippen LogP contribution in [0.4, 0.5) is 5.69 Å². The van der Waals surface area contributed by atoms with Crippen molar-refractivity contribution in [3.8, 4) is 45.8 Å². The lowest BCUT2D eigenvalue weighted by atomic mass is 9.96. The van der Waals surface area contributed by atoms with Crippen LogP contribution in [0, 0.1) is 29.2 Å². The summed E-state index contributed by atoms with van der Waals surface area (Å²) in [5.74, 6) is 0. The number of fused-ring (bicyclic) bond motifs is 6. The van der Waals surface area contributed by atoms with Gasteiger partial charge in [-0.1, -0.05) is 84.9 Å². The SMILES string of the molecule is [C-]#[N+]c1ccc(-c2cccc(-c3cc(C#N)cc(-n4c5ccccc5c5cc(C#N)ccc54)c3)c2)c(-n2c3ccccc3c3ccccc32)c1. The van der Waals surface area contributed by atoms with Crippen LogP contribution in [0.15, 0.2) is 152 Å². The van der Waals surface area contributed by atoms with Crippen molar-refractivity contribution in [2.24, 2.45) is 0 Å². The normalized spacial score (nSPS) is 11.1. The number of hydrogen-bond donors (Lipinski definition) is 0. The standard InChI is InChI=1S/C45H25N5/c1-48-34-18-19-36(45(26-34)50-42-15-6-2-11-37(42)38-12-3-7-16-43(38)50)32-10-8-9-31(24-32)33-21-30(28-47)22-35(25-33)49-41-14-5-4-13-39(41)40-23-29(27-46)17-20-44(40)49/h2-26H. The highest BCUT2D eigenvalue weighted by Crippen LogP contribution is 2.40. The zero-order valence-corrected chi connectivity index (χ0v) is 26.7. The molecular formula is C45H25N5. The van der Waals surface area contributed by atoms with Gasteiger partial charge in [0.25, 0.3) is 0 Å². The predicted octanol–water partition coefficient (Wildman–Crippen LogP) is 11.5. The van der Waals surface area contributed by atoms with Gasteiger partial charge in [-0.05, 0) is 83.4 Å². The van der Waals surface area contributed by atoms with E-state index in [9.17, 15) is 10.5 Å². The lowest BCUT2D eigenvalue weighted by molar-refractivity contribution is 1.18. The summed E-state index contributed by atoms with van der Waals surface area (Å²) >= 11 is 0. The quantitative estimate of drug-likeness (QED) is 0.181. The van der Waals surface area contributed by atoms with E-state index in [0.29, 0.717) is 16.8 Å². The van der Waals surface area contributed by atoms with Crippen LogP contribution >= 0.6 is 0 Å². The maximum atomic E-state index is 10.2. The number of benzene rings is 7. The van der Waals surface area contributed by atoms with E-state index < -0.39 is 0 Å². The van der Waals surface area contributed by atoms with Gasteiger partial charge in [0.1, 0.15) is 0 Å². The maximum absolute atomic E-state index is 10.2. The van der Waals surface area contributed by atoms with Crippen LogP contribution in [-0.2, 0) is 0 Å². The van der Waals surface area contributed by atoms with E-state index in [1.54, 1.807) is 0 Å². The van der Waals surface area contributed by atoms with Crippen molar-refractivity contribution in [1.29, 1.82) is 10.5 Å². The number of para-hydroxylation sites is 3. The molecule has 0 fully saturated rings. The molecule has 5 nitrogen and oxygen atoms in total. The summed E-state index contributed by atoms with van der Waals surface area (Å²) in [5.41, 5.74) is 11.5. The van der Waals surface area contributed by atoms with E-state index in [4.69, 9.17) is 6.57 Å². The molecule has 230 valence electrons. The van der Waals surface area contributed by atoms with Gasteiger partial charge in [-0.25, -0.2) is 4.85 Å². The van der Waals surface area contributed by atoms with Crippen molar-refractivity contribution in [3.05, 3.63) is 174 Å². The average Bonchev–Trinajstić information content (AvgIpc) is 3.70. The highest BCUT2D eigenvalue weighted by molar-refractivity contribution is 6.11. The Morgan fingerprint density at radius 1 is 0.460 bits per heavy atom. The van der Waals surface area contributed by atoms with Gasteiger partial charge in [0.05, 0.1) is 51.9 Å². The highest BCUT2D eigenvalue weighted by atomic mass is 15.0. The molecule has 0 spiro atoms. The molecule has 9 rings (SSSR count). The Morgan fingerprint density at radius 2 is 1.08 bits per heavy atom. The molecule has 0 aliphatic carbocycles. The Labute approximate surface area is 288 Å². The van der Waals surface area contributed by atoms with E-state index in [1.165, 1.54) is 0 Å². The fourth-order valence-electron chi connectivity index (χ4n) is 7.36. The van der Waals surface area contributed by atoms with E-state index >= 15 is 0 Å². The van der Waals surface area contributed by atoms with Crippen molar-refractivity contribution in [1.82, 2.24) is 9.13 Å². The molecule has 0 radical (unpaired) electrons. The Balaban J connectivity index is 1.25. The first-order valence-corrected chi connectivity index (χ1v) is 16.2. The summed E-state index contributed by atoms with van der Waals surface area (Å²) in [6.07, 6.45) is 0. The van der Waals surface area contributed by atoms with Gasteiger partial charge in [-0.15, -0.1) is 0 Å². The predicted molar refractivity (Wildman–Crippen MR) is 202 cm³/mol. The molecule has 0 unspecified atom stereocenters. The molecule has 2 aromatic heterocycles. The number of aromatic nitrogens is 2. The van der Waals surface area contributed by atoms with Crippen molar-refractivity contribution in [2.45, 2.75) is 0 Å². The number of nitriles is 2. The van der Waals surface area contributed by atoms with Gasteiger partial charge < -0.3 is 9.13 Å². The fraction of sp³-hybridized carbons (Fsp3) is 0. The van der Waals surface area contributed by atoms with Crippen molar-refractivity contribution in [3.63, 3.8) is 0 Å². The average molecular weight is 636 g/mol. The van der Waals surface area contributed by atoms with Gasteiger partial charge in [0.15, 0.2) is 5.69 Å². The summed E-state index contributed by atoms with van der Waals surface area (Å²) in [5, 5.41) is 24.2. The second-order valence-corrected chi connectivity index (χ2v) is 12.3. The minimum absolute atomic E-state index is 0.551. The molecule has 0 aliphatic rings. The van der Waals surface area contributed by atoms with Crippen LogP contribution in [0.2, 0.25) is 0 Å². The van der Waals surface area contributed by atoms with Crippen LogP contribution in [0.3, 0.4) is 0 Å². The fourth-order valence-corrected chi connectivity index (χ4v) is 7.36. The Kier molecular flexibility index (Phi) is 6.56. The number of nitrogens with zero attached hydrogens (tertiary/aromatic N) is 5. The molecule has 0 N–H and O–H groups in total.